The molecule has 3 amide bonds. The Balaban J connectivity index is 1.43. The highest BCUT2D eigenvalue weighted by molar-refractivity contribution is 7.99. The maximum Gasteiger partial charge on any atom is 0.323 e. The fraction of sp³-hybridized carbons (Fsp3) is 0.238. The third kappa shape index (κ3) is 6.63. The standard InChI is InChI=1S/C21H23N5O3S/c1-14(22-20(27)13-30-12-19-23-15(2)29-26-19)16-8-10-18(11-9-16)25-21(28)24-17-6-4-3-5-7-17/h3-11,14H,12-13H2,1-2H3,(H,22,27)(H2,24,25,28). The molecule has 0 aliphatic carbocycles. The summed E-state index contributed by atoms with van der Waals surface area (Å²) in [5.41, 5.74) is 2.32. The second-order valence-corrected chi connectivity index (χ2v) is 7.56. The lowest BCUT2D eigenvalue weighted by Crippen LogP contribution is -2.28. The zero-order chi connectivity index (χ0) is 21.3. The average Bonchev–Trinajstić information content (AvgIpc) is 3.14. The molecule has 0 radical (unpaired) electrons. The highest BCUT2D eigenvalue weighted by atomic mass is 32.2. The van der Waals surface area contributed by atoms with Crippen molar-refractivity contribution in [1.82, 2.24) is 15.5 Å². The number of nitrogens with zero attached hydrogens (tertiary/aromatic N) is 2. The lowest BCUT2D eigenvalue weighted by molar-refractivity contribution is -0.119. The largest absolute Gasteiger partial charge is 0.349 e. The van der Waals surface area contributed by atoms with Gasteiger partial charge in [-0.05, 0) is 36.8 Å². The van der Waals surface area contributed by atoms with E-state index >= 15 is 0 Å². The Bertz CT molecular complexity index is 976. The lowest BCUT2D eigenvalue weighted by atomic mass is 10.1. The molecule has 30 heavy (non-hydrogen) atoms. The lowest BCUT2D eigenvalue weighted by Gasteiger charge is -2.15. The first-order valence-electron chi connectivity index (χ1n) is 9.39. The third-order valence-electron chi connectivity index (χ3n) is 4.11. The first-order valence-corrected chi connectivity index (χ1v) is 10.5. The summed E-state index contributed by atoms with van der Waals surface area (Å²) in [4.78, 5) is 28.3. The number of hydrogen-bond donors (Lipinski definition) is 3. The zero-order valence-electron chi connectivity index (χ0n) is 16.7. The summed E-state index contributed by atoms with van der Waals surface area (Å²) in [5.74, 6) is 1.84. The maximum atomic E-state index is 12.1. The number of rotatable bonds is 8. The first-order chi connectivity index (χ1) is 14.5. The molecule has 3 aromatic rings. The van der Waals surface area contributed by atoms with Crippen LogP contribution in [-0.2, 0) is 10.5 Å². The molecule has 0 aliphatic heterocycles. The highest BCUT2D eigenvalue weighted by Crippen LogP contribution is 2.17. The summed E-state index contributed by atoms with van der Waals surface area (Å²) in [6, 6.07) is 16.1. The number of amides is 3. The molecule has 1 aromatic heterocycles. The molecule has 1 atom stereocenters. The monoisotopic (exact) mass is 425 g/mol. The van der Waals surface area contributed by atoms with Gasteiger partial charge < -0.3 is 20.5 Å². The van der Waals surface area contributed by atoms with E-state index in [4.69, 9.17) is 4.52 Å². The second kappa shape index (κ2) is 10.4. The molecule has 2 aromatic carbocycles. The predicted molar refractivity (Wildman–Crippen MR) is 117 cm³/mol. The fourth-order valence-corrected chi connectivity index (χ4v) is 3.34. The number of carbonyl (C=O) groups excluding carboxylic acids is 2. The summed E-state index contributed by atoms with van der Waals surface area (Å²) >= 11 is 1.42. The smallest absolute Gasteiger partial charge is 0.323 e. The quantitative estimate of drug-likeness (QED) is 0.501. The van der Waals surface area contributed by atoms with Crippen molar-refractivity contribution in [2.75, 3.05) is 16.4 Å². The van der Waals surface area contributed by atoms with Gasteiger partial charge in [-0.25, -0.2) is 4.79 Å². The van der Waals surface area contributed by atoms with Gasteiger partial charge in [0.15, 0.2) is 5.82 Å². The van der Waals surface area contributed by atoms with Gasteiger partial charge in [0.25, 0.3) is 0 Å². The minimum absolute atomic E-state index is 0.0721. The number of urea groups is 1. The molecule has 0 saturated carbocycles. The normalized spacial score (nSPS) is 11.5. The van der Waals surface area contributed by atoms with E-state index in [0.29, 0.717) is 28.9 Å². The van der Waals surface area contributed by atoms with E-state index in [1.54, 1.807) is 19.1 Å². The van der Waals surface area contributed by atoms with E-state index in [-0.39, 0.29) is 18.0 Å². The molecule has 1 unspecified atom stereocenters. The van der Waals surface area contributed by atoms with Gasteiger partial charge >= 0.3 is 6.03 Å². The van der Waals surface area contributed by atoms with Crippen LogP contribution >= 0.6 is 11.8 Å². The molecular weight excluding hydrogens is 402 g/mol. The number of nitrogens with one attached hydrogen (secondary N) is 3. The van der Waals surface area contributed by atoms with Gasteiger partial charge in [0.2, 0.25) is 11.8 Å². The summed E-state index contributed by atoms with van der Waals surface area (Å²) in [6.07, 6.45) is 0. The Kier molecular flexibility index (Phi) is 7.45. The van der Waals surface area contributed by atoms with Crippen molar-refractivity contribution >= 4 is 35.1 Å². The highest BCUT2D eigenvalue weighted by Gasteiger charge is 2.11. The van der Waals surface area contributed by atoms with E-state index in [2.05, 4.69) is 26.1 Å². The molecule has 3 rings (SSSR count). The van der Waals surface area contributed by atoms with Gasteiger partial charge in [-0.15, -0.1) is 11.8 Å². The van der Waals surface area contributed by atoms with E-state index in [1.165, 1.54) is 11.8 Å². The molecule has 0 aliphatic rings. The number of aryl methyl sites for hydroxylation is 1. The van der Waals surface area contributed by atoms with Crippen LogP contribution in [-0.4, -0.2) is 27.8 Å². The van der Waals surface area contributed by atoms with Crippen molar-refractivity contribution in [2.45, 2.75) is 25.6 Å². The molecule has 0 saturated heterocycles. The molecule has 1 heterocycles. The van der Waals surface area contributed by atoms with Crippen LogP contribution in [0.4, 0.5) is 16.2 Å². The van der Waals surface area contributed by atoms with Crippen LogP contribution in [0.5, 0.6) is 0 Å². The molecule has 0 spiro atoms. The summed E-state index contributed by atoms with van der Waals surface area (Å²) < 4.78 is 4.90. The van der Waals surface area contributed by atoms with Crippen LogP contribution in [0.15, 0.2) is 59.1 Å². The topological polar surface area (TPSA) is 109 Å². The number of thioether (sulfide) groups is 1. The fourth-order valence-electron chi connectivity index (χ4n) is 2.67. The molecule has 0 fully saturated rings. The third-order valence-corrected chi connectivity index (χ3v) is 5.04. The van der Waals surface area contributed by atoms with Crippen LogP contribution in [0.25, 0.3) is 0 Å². The number of aromatic nitrogens is 2. The van der Waals surface area contributed by atoms with Crippen molar-refractivity contribution < 1.29 is 14.1 Å². The van der Waals surface area contributed by atoms with E-state index in [9.17, 15) is 9.59 Å². The molecule has 0 bridgehead atoms. The van der Waals surface area contributed by atoms with Crippen molar-refractivity contribution in [3.05, 3.63) is 71.9 Å². The second-order valence-electron chi connectivity index (χ2n) is 6.58. The van der Waals surface area contributed by atoms with Crippen LogP contribution in [0.2, 0.25) is 0 Å². The maximum absolute atomic E-state index is 12.1. The van der Waals surface area contributed by atoms with E-state index in [1.807, 2.05) is 49.4 Å². The Morgan fingerprint density at radius 3 is 2.33 bits per heavy atom. The van der Waals surface area contributed by atoms with Crippen LogP contribution in [0.3, 0.4) is 0 Å². The van der Waals surface area contributed by atoms with Gasteiger partial charge in [-0.2, -0.15) is 4.98 Å². The van der Waals surface area contributed by atoms with Crippen molar-refractivity contribution in [3.8, 4) is 0 Å². The zero-order valence-corrected chi connectivity index (χ0v) is 17.5. The molecule has 3 N–H and O–H groups in total. The van der Waals surface area contributed by atoms with Gasteiger partial charge in [-0.3, -0.25) is 4.79 Å². The molecule has 9 heteroatoms. The van der Waals surface area contributed by atoms with Crippen LogP contribution in [0, 0.1) is 6.92 Å². The van der Waals surface area contributed by atoms with Gasteiger partial charge in [-0.1, -0.05) is 35.5 Å². The van der Waals surface area contributed by atoms with Crippen LogP contribution in [0.1, 0.15) is 30.2 Å². The minimum Gasteiger partial charge on any atom is -0.349 e. The SMILES string of the molecule is Cc1nc(CSCC(=O)NC(C)c2ccc(NC(=O)Nc3ccccc3)cc2)no1. The molecular formula is C21H23N5O3S. The number of hydrogen-bond acceptors (Lipinski definition) is 6. The summed E-state index contributed by atoms with van der Waals surface area (Å²) in [6.45, 7) is 3.64. The number of para-hydroxylation sites is 1. The van der Waals surface area contributed by atoms with Gasteiger partial charge in [0.05, 0.1) is 17.5 Å². The average molecular weight is 426 g/mol. The van der Waals surface area contributed by atoms with Gasteiger partial charge in [0.1, 0.15) is 0 Å². The molecule has 156 valence electrons. The number of benzene rings is 2. The Morgan fingerprint density at radius 1 is 1.03 bits per heavy atom. The predicted octanol–water partition coefficient (Wildman–Crippen LogP) is 4.13. The minimum atomic E-state index is -0.316. The number of anilines is 2. The Labute approximate surface area is 178 Å². The van der Waals surface area contributed by atoms with E-state index < -0.39 is 0 Å². The van der Waals surface area contributed by atoms with Crippen molar-refractivity contribution in [2.24, 2.45) is 0 Å². The first kappa shape index (κ1) is 21.4. The summed E-state index contributed by atoms with van der Waals surface area (Å²) in [5, 5.41) is 12.3. The van der Waals surface area contributed by atoms with Gasteiger partial charge in [0, 0.05) is 18.3 Å². The number of carbonyl (C=O) groups is 2. The van der Waals surface area contributed by atoms with Crippen LogP contribution < -0.4 is 16.0 Å². The molecule has 8 nitrogen and oxygen atoms in total. The Hall–Kier alpha value is -3.33. The summed E-state index contributed by atoms with van der Waals surface area (Å²) in [7, 11) is 0. The Morgan fingerprint density at radius 2 is 1.70 bits per heavy atom. The van der Waals surface area contributed by atoms with Crippen molar-refractivity contribution in [1.29, 1.82) is 0 Å². The van der Waals surface area contributed by atoms with E-state index in [0.717, 1.165) is 11.3 Å². The van der Waals surface area contributed by atoms with Crippen molar-refractivity contribution in [3.63, 3.8) is 0 Å².